The molecule has 0 saturated carbocycles. The number of nitrogen functional groups attached to an aromatic ring is 1. The van der Waals surface area contributed by atoms with Crippen LogP contribution in [0, 0.1) is 12.7 Å². The number of halogens is 1. The lowest BCUT2D eigenvalue weighted by molar-refractivity contribution is 0.0556. The molecule has 2 fully saturated rings. The van der Waals surface area contributed by atoms with Gasteiger partial charge in [-0.15, -0.1) is 10.2 Å². The zero-order chi connectivity index (χ0) is 30.0. The molecule has 2 bridgehead atoms. The number of benzene rings is 1. The van der Waals surface area contributed by atoms with Gasteiger partial charge in [0.25, 0.3) is 5.91 Å². The third-order valence-corrected chi connectivity index (χ3v) is 9.57. The van der Waals surface area contributed by atoms with Crippen LogP contribution in [-0.4, -0.2) is 72.3 Å². The number of anilines is 1. The van der Waals surface area contributed by atoms with E-state index in [1.165, 1.54) is 10.6 Å². The number of piperidine rings is 1. The van der Waals surface area contributed by atoms with Gasteiger partial charge in [-0.25, -0.2) is 17.8 Å². The summed E-state index contributed by atoms with van der Waals surface area (Å²) in [5.74, 6) is -0.0879. The molecule has 0 spiro atoms. The Kier molecular flexibility index (Phi) is 6.27. The van der Waals surface area contributed by atoms with Crippen LogP contribution in [0.1, 0.15) is 53.7 Å². The molecule has 1 aromatic carbocycles. The number of aromatic nitrogens is 7. The molecule has 6 heterocycles. The highest BCUT2D eigenvalue weighted by molar-refractivity contribution is 7.91. The van der Waals surface area contributed by atoms with Crippen molar-refractivity contribution in [2.75, 3.05) is 12.0 Å². The number of nitrogens with one attached hydrogen (secondary N) is 1. The molecule has 43 heavy (non-hydrogen) atoms. The fourth-order valence-electron chi connectivity index (χ4n) is 6.56. The van der Waals surface area contributed by atoms with E-state index in [0.717, 1.165) is 19.1 Å². The number of nitrogens with zero attached hydrogens (tertiary/aromatic N) is 7. The Balaban J connectivity index is 1.28. The lowest BCUT2D eigenvalue weighted by atomic mass is 9.87. The highest BCUT2D eigenvalue weighted by Gasteiger charge is 2.46. The van der Waals surface area contributed by atoms with Gasteiger partial charge in [0.2, 0.25) is 5.82 Å². The third kappa shape index (κ3) is 4.52. The molecule has 7 rings (SSSR count). The summed E-state index contributed by atoms with van der Waals surface area (Å²) in [5.41, 5.74) is 9.41. The summed E-state index contributed by atoms with van der Waals surface area (Å²) in [5, 5.41) is 12.3. The summed E-state index contributed by atoms with van der Waals surface area (Å²) in [6, 6.07) is 9.71. The Bertz CT molecular complexity index is 1990. The Morgan fingerprint density at radius 1 is 1.05 bits per heavy atom. The van der Waals surface area contributed by atoms with Gasteiger partial charge in [-0.3, -0.25) is 9.78 Å². The van der Waals surface area contributed by atoms with Crippen molar-refractivity contribution in [3.05, 3.63) is 72.0 Å². The summed E-state index contributed by atoms with van der Waals surface area (Å²) in [7, 11) is -3.79. The number of fused-ring (bicyclic) bond motifs is 3. The zero-order valence-electron chi connectivity index (χ0n) is 23.4. The van der Waals surface area contributed by atoms with Gasteiger partial charge in [0, 0.05) is 47.1 Å². The molecule has 4 aromatic heterocycles. The molecule has 220 valence electrons. The second kappa shape index (κ2) is 9.93. The number of rotatable bonds is 5. The molecule has 2 saturated heterocycles. The summed E-state index contributed by atoms with van der Waals surface area (Å²) in [6.07, 6.45) is 6.94. The molecule has 0 radical (unpaired) electrons. The maximum Gasteiger partial charge on any atom is 0.292 e. The van der Waals surface area contributed by atoms with Crippen LogP contribution in [-0.2, 0) is 9.84 Å². The number of nitrogens with two attached hydrogens (primary N) is 1. The van der Waals surface area contributed by atoms with Crippen LogP contribution in [0.3, 0.4) is 0 Å². The maximum atomic E-state index is 14.3. The van der Waals surface area contributed by atoms with Gasteiger partial charge >= 0.3 is 0 Å². The van der Waals surface area contributed by atoms with Crippen molar-refractivity contribution in [1.29, 1.82) is 0 Å². The summed E-state index contributed by atoms with van der Waals surface area (Å²) in [6.45, 7) is 1.74. The predicted molar refractivity (Wildman–Crippen MR) is 155 cm³/mol. The van der Waals surface area contributed by atoms with Crippen LogP contribution >= 0.6 is 0 Å². The van der Waals surface area contributed by atoms with Crippen molar-refractivity contribution in [3.63, 3.8) is 0 Å². The van der Waals surface area contributed by atoms with Gasteiger partial charge in [-0.2, -0.15) is 9.61 Å². The number of pyridine rings is 1. The molecule has 2 atom stereocenters. The average Bonchev–Trinajstić information content (AvgIpc) is 3.68. The van der Waals surface area contributed by atoms with E-state index in [2.05, 4.69) is 25.3 Å². The average molecular weight is 602 g/mol. The number of H-pyrrole nitrogens is 1. The van der Waals surface area contributed by atoms with Crippen molar-refractivity contribution in [1.82, 2.24) is 39.7 Å². The van der Waals surface area contributed by atoms with Crippen LogP contribution in [0.4, 0.5) is 10.2 Å². The minimum atomic E-state index is -3.79. The van der Waals surface area contributed by atoms with Gasteiger partial charge < -0.3 is 15.6 Å². The van der Waals surface area contributed by atoms with Crippen molar-refractivity contribution < 1.29 is 17.6 Å². The highest BCUT2D eigenvalue weighted by Crippen LogP contribution is 2.45. The van der Waals surface area contributed by atoms with Crippen LogP contribution in [0.25, 0.3) is 28.0 Å². The maximum absolute atomic E-state index is 14.3. The van der Waals surface area contributed by atoms with Crippen LogP contribution in [0.15, 0.2) is 53.7 Å². The number of aryl methyl sites for hydroxylation is 1. The van der Waals surface area contributed by atoms with E-state index in [0.29, 0.717) is 52.4 Å². The first-order valence-corrected chi connectivity index (χ1v) is 15.8. The normalized spacial score (nSPS) is 20.2. The summed E-state index contributed by atoms with van der Waals surface area (Å²) >= 11 is 0. The quantitative estimate of drug-likeness (QED) is 0.306. The lowest BCUT2D eigenvalue weighted by Gasteiger charge is -2.38. The van der Waals surface area contributed by atoms with E-state index in [1.54, 1.807) is 49.6 Å². The van der Waals surface area contributed by atoms with E-state index < -0.39 is 9.84 Å². The number of carbonyl (C=O) groups is 1. The second-order valence-electron chi connectivity index (χ2n) is 11.2. The first-order chi connectivity index (χ1) is 20.6. The molecule has 3 N–H and O–H groups in total. The number of amides is 1. The smallest absolute Gasteiger partial charge is 0.292 e. The van der Waals surface area contributed by atoms with Crippen LogP contribution in [0.2, 0.25) is 0 Å². The topological polar surface area (TPSA) is 165 Å². The molecule has 0 aliphatic carbocycles. The van der Waals surface area contributed by atoms with Crippen LogP contribution in [0.5, 0.6) is 0 Å². The Morgan fingerprint density at radius 3 is 2.42 bits per heavy atom. The van der Waals surface area contributed by atoms with E-state index in [1.807, 2.05) is 4.90 Å². The number of aromatic amines is 1. The first kappa shape index (κ1) is 27.1. The fourth-order valence-corrected chi connectivity index (χ4v) is 7.62. The molecule has 5 aromatic rings. The van der Waals surface area contributed by atoms with E-state index in [-0.39, 0.29) is 46.3 Å². The standard InChI is InChI=1S/C29H28FN9O3S/c1-15-34-27(37-36-15)29(40)38-18-8-9-19(38)12-17(11-18)24-25(43(2,41)42)26(31)39-28(35-24)21(14-33-39)16-7-10-23(32-13-16)20-5-3-4-6-22(20)30/h3-7,10,13-14,17-19H,8-9,11-12,31H2,1-2H3,(H,34,36,37). The van der Waals surface area contributed by atoms with Gasteiger partial charge in [0.15, 0.2) is 15.5 Å². The Morgan fingerprint density at radius 2 is 1.79 bits per heavy atom. The van der Waals surface area contributed by atoms with E-state index in [4.69, 9.17) is 10.7 Å². The van der Waals surface area contributed by atoms with Gasteiger partial charge in [0.05, 0.1) is 17.6 Å². The number of hydrogen-bond donors (Lipinski definition) is 2. The SMILES string of the molecule is Cc1nnc(C(=O)N2C3CCC2CC(c2nc4c(-c5ccc(-c6ccccc6F)nc5)cnn4c(N)c2S(C)(=O)=O)C3)[nH]1. The monoisotopic (exact) mass is 601 g/mol. The van der Waals surface area contributed by atoms with Crippen LogP contribution < -0.4 is 5.73 Å². The third-order valence-electron chi connectivity index (χ3n) is 8.41. The number of hydrogen-bond acceptors (Lipinski definition) is 9. The molecule has 12 nitrogen and oxygen atoms in total. The molecule has 14 heteroatoms. The van der Waals surface area contributed by atoms with Gasteiger partial charge in [0.1, 0.15) is 22.4 Å². The van der Waals surface area contributed by atoms with Crippen molar-refractivity contribution in [2.45, 2.75) is 55.5 Å². The number of carbonyl (C=O) groups excluding carboxylic acids is 1. The zero-order valence-corrected chi connectivity index (χ0v) is 24.2. The number of sulfone groups is 1. The van der Waals surface area contributed by atoms with Crippen molar-refractivity contribution >= 4 is 27.2 Å². The minimum Gasteiger partial charge on any atom is -0.382 e. The van der Waals surface area contributed by atoms with Crippen molar-refractivity contribution in [3.8, 4) is 22.4 Å². The highest BCUT2D eigenvalue weighted by atomic mass is 32.2. The van der Waals surface area contributed by atoms with E-state index in [9.17, 15) is 17.6 Å². The molecule has 2 aliphatic heterocycles. The van der Waals surface area contributed by atoms with E-state index >= 15 is 0 Å². The van der Waals surface area contributed by atoms with Gasteiger partial charge in [-0.1, -0.05) is 18.2 Å². The molecule has 1 amide bonds. The lowest BCUT2D eigenvalue weighted by Crippen LogP contribution is -2.46. The minimum absolute atomic E-state index is 0.0207. The predicted octanol–water partition coefficient (Wildman–Crippen LogP) is 3.56. The van der Waals surface area contributed by atoms with Crippen molar-refractivity contribution in [2.24, 2.45) is 0 Å². The molecular weight excluding hydrogens is 573 g/mol. The summed E-state index contributed by atoms with van der Waals surface area (Å²) < 4.78 is 41.8. The Labute approximate surface area is 246 Å². The molecule has 2 unspecified atom stereocenters. The summed E-state index contributed by atoms with van der Waals surface area (Å²) in [4.78, 5) is 27.4. The molecule has 2 aliphatic rings. The second-order valence-corrected chi connectivity index (χ2v) is 13.2. The Hall–Kier alpha value is -4.72. The largest absolute Gasteiger partial charge is 0.382 e. The first-order valence-electron chi connectivity index (χ1n) is 13.9. The fraction of sp³-hybridized carbons (Fsp3) is 0.310. The van der Waals surface area contributed by atoms with Gasteiger partial charge in [-0.05, 0) is 50.8 Å². The molecular formula is C29H28FN9O3S.